The van der Waals surface area contributed by atoms with Crippen molar-refractivity contribution in [1.29, 1.82) is 0 Å². The molecule has 0 bridgehead atoms. The molecule has 1 aromatic carbocycles. The molecule has 1 heterocycles. The number of imidazole rings is 1. The van der Waals surface area contributed by atoms with Gasteiger partial charge in [-0.1, -0.05) is 12.1 Å². The molecule has 1 aromatic heterocycles. The number of aromatic nitrogens is 2. The van der Waals surface area contributed by atoms with E-state index in [1.54, 1.807) is 12.3 Å². The zero-order chi connectivity index (χ0) is 12.5. The van der Waals surface area contributed by atoms with Crippen LogP contribution >= 0.6 is 0 Å². The number of rotatable bonds is 3. The zero-order valence-electron chi connectivity index (χ0n) is 10.00. The van der Waals surface area contributed by atoms with Crippen molar-refractivity contribution in [3.8, 4) is 11.3 Å². The summed E-state index contributed by atoms with van der Waals surface area (Å²) in [5.41, 5.74) is 7.21. The molecule has 17 heavy (non-hydrogen) atoms. The van der Waals surface area contributed by atoms with Gasteiger partial charge >= 0.3 is 0 Å². The van der Waals surface area contributed by atoms with Crippen molar-refractivity contribution in [2.45, 2.75) is 25.8 Å². The molecule has 90 valence electrons. The number of nitrogens with one attached hydrogen (secondary N) is 1. The molecule has 2 rings (SSSR count). The molecule has 0 amide bonds. The second kappa shape index (κ2) is 4.30. The Morgan fingerprint density at radius 1 is 1.41 bits per heavy atom. The van der Waals surface area contributed by atoms with Crippen molar-refractivity contribution < 1.29 is 4.39 Å². The molecule has 0 aliphatic rings. The first-order valence-electron chi connectivity index (χ1n) is 5.53. The van der Waals surface area contributed by atoms with Gasteiger partial charge in [0.2, 0.25) is 0 Å². The summed E-state index contributed by atoms with van der Waals surface area (Å²) in [5.74, 6) is 0.564. The number of H-pyrrole nitrogens is 1. The molecule has 0 atom stereocenters. The van der Waals surface area contributed by atoms with E-state index in [2.05, 4.69) is 9.97 Å². The van der Waals surface area contributed by atoms with E-state index < -0.39 is 0 Å². The van der Waals surface area contributed by atoms with Crippen LogP contribution in [0.1, 0.15) is 19.7 Å². The molecule has 0 fully saturated rings. The summed E-state index contributed by atoms with van der Waals surface area (Å²) in [4.78, 5) is 7.41. The monoisotopic (exact) mass is 233 g/mol. The van der Waals surface area contributed by atoms with E-state index in [1.807, 2.05) is 19.9 Å². The van der Waals surface area contributed by atoms with Gasteiger partial charge in [-0.2, -0.15) is 0 Å². The van der Waals surface area contributed by atoms with E-state index in [-0.39, 0.29) is 11.4 Å². The number of hydrogen-bond acceptors (Lipinski definition) is 2. The van der Waals surface area contributed by atoms with Crippen LogP contribution < -0.4 is 5.73 Å². The van der Waals surface area contributed by atoms with Gasteiger partial charge in [-0.25, -0.2) is 9.37 Å². The number of nitrogens with zero attached hydrogens (tertiary/aromatic N) is 1. The van der Waals surface area contributed by atoms with Crippen LogP contribution in [-0.4, -0.2) is 15.5 Å². The van der Waals surface area contributed by atoms with E-state index in [0.717, 1.165) is 17.1 Å². The second-order valence-corrected chi connectivity index (χ2v) is 4.92. The maximum absolute atomic E-state index is 13.1. The first kappa shape index (κ1) is 11.8. The summed E-state index contributed by atoms with van der Waals surface area (Å²) >= 11 is 0. The number of halogens is 1. The van der Waals surface area contributed by atoms with E-state index in [9.17, 15) is 4.39 Å². The van der Waals surface area contributed by atoms with Crippen LogP contribution in [0.5, 0.6) is 0 Å². The Labute approximate surface area is 99.9 Å². The van der Waals surface area contributed by atoms with Crippen LogP contribution in [-0.2, 0) is 6.42 Å². The molecule has 3 N–H and O–H groups in total. The number of aromatic amines is 1. The zero-order valence-corrected chi connectivity index (χ0v) is 10.00. The summed E-state index contributed by atoms with van der Waals surface area (Å²) in [6.07, 6.45) is 2.36. The Hall–Kier alpha value is -1.68. The minimum Gasteiger partial charge on any atom is -0.342 e. The maximum Gasteiger partial charge on any atom is 0.123 e. The fourth-order valence-electron chi connectivity index (χ4n) is 1.69. The van der Waals surface area contributed by atoms with Gasteiger partial charge < -0.3 is 10.7 Å². The molecule has 0 aliphatic carbocycles. The standard InChI is InChI=1S/C13H16FN3/c1-13(2,15)7-12-16-8-11(17-12)9-4-3-5-10(14)6-9/h3-6,8H,7,15H2,1-2H3,(H,16,17). The Balaban J connectivity index is 2.24. The molecule has 0 unspecified atom stereocenters. The lowest BCUT2D eigenvalue weighted by atomic mass is 10.0. The van der Waals surface area contributed by atoms with Crippen molar-refractivity contribution in [1.82, 2.24) is 9.97 Å². The smallest absolute Gasteiger partial charge is 0.123 e. The molecule has 0 radical (unpaired) electrons. The van der Waals surface area contributed by atoms with Crippen LogP contribution in [0, 0.1) is 5.82 Å². The normalized spacial score (nSPS) is 11.8. The highest BCUT2D eigenvalue weighted by Crippen LogP contribution is 2.18. The topological polar surface area (TPSA) is 54.7 Å². The van der Waals surface area contributed by atoms with Gasteiger partial charge in [-0.15, -0.1) is 0 Å². The summed E-state index contributed by atoms with van der Waals surface area (Å²) in [6, 6.07) is 6.42. The Bertz CT molecular complexity index is 511. The fraction of sp³-hybridized carbons (Fsp3) is 0.308. The molecule has 0 saturated carbocycles. The third kappa shape index (κ3) is 3.14. The lowest BCUT2D eigenvalue weighted by Gasteiger charge is -2.15. The van der Waals surface area contributed by atoms with Crippen molar-refractivity contribution in [3.63, 3.8) is 0 Å². The molecule has 0 aliphatic heterocycles. The van der Waals surface area contributed by atoms with E-state index in [4.69, 9.17) is 5.73 Å². The molecule has 2 aromatic rings. The Kier molecular flexibility index (Phi) is 2.98. The molecule has 0 saturated heterocycles. The first-order valence-corrected chi connectivity index (χ1v) is 5.53. The predicted octanol–water partition coefficient (Wildman–Crippen LogP) is 2.50. The van der Waals surface area contributed by atoms with Gasteiger partial charge in [0.05, 0.1) is 11.9 Å². The molecule has 4 heteroatoms. The number of nitrogens with two attached hydrogens (primary N) is 1. The van der Waals surface area contributed by atoms with Gasteiger partial charge in [0.15, 0.2) is 0 Å². The van der Waals surface area contributed by atoms with Gasteiger partial charge in [-0.05, 0) is 26.0 Å². The van der Waals surface area contributed by atoms with Crippen LogP contribution in [0.25, 0.3) is 11.3 Å². The summed E-state index contributed by atoms with van der Waals surface area (Å²) < 4.78 is 13.1. The van der Waals surface area contributed by atoms with Gasteiger partial charge in [0, 0.05) is 17.5 Å². The highest BCUT2D eigenvalue weighted by molar-refractivity contribution is 5.58. The van der Waals surface area contributed by atoms with Crippen LogP contribution in [0.3, 0.4) is 0 Å². The largest absolute Gasteiger partial charge is 0.342 e. The molecular weight excluding hydrogens is 217 g/mol. The minimum absolute atomic E-state index is 0.252. The van der Waals surface area contributed by atoms with Crippen LogP contribution in [0.4, 0.5) is 4.39 Å². The fourth-order valence-corrected chi connectivity index (χ4v) is 1.69. The third-order valence-corrected chi connectivity index (χ3v) is 2.39. The van der Waals surface area contributed by atoms with Crippen LogP contribution in [0.2, 0.25) is 0 Å². The third-order valence-electron chi connectivity index (χ3n) is 2.39. The second-order valence-electron chi connectivity index (χ2n) is 4.92. The van der Waals surface area contributed by atoms with Crippen LogP contribution in [0.15, 0.2) is 30.5 Å². The average Bonchev–Trinajstić information content (AvgIpc) is 2.63. The molecular formula is C13H16FN3. The van der Waals surface area contributed by atoms with Gasteiger partial charge in [0.25, 0.3) is 0 Å². The SMILES string of the molecule is CC(C)(N)Cc1ncc(-c2cccc(F)c2)[nH]1. The van der Waals surface area contributed by atoms with Crippen molar-refractivity contribution in [2.24, 2.45) is 5.73 Å². The van der Waals surface area contributed by atoms with Gasteiger partial charge in [-0.3, -0.25) is 0 Å². The lowest BCUT2D eigenvalue weighted by molar-refractivity contribution is 0.505. The van der Waals surface area contributed by atoms with Crippen molar-refractivity contribution in [2.75, 3.05) is 0 Å². The molecule has 0 spiro atoms. The Morgan fingerprint density at radius 2 is 2.18 bits per heavy atom. The Morgan fingerprint density at radius 3 is 2.82 bits per heavy atom. The highest BCUT2D eigenvalue weighted by Gasteiger charge is 2.14. The average molecular weight is 233 g/mol. The number of benzene rings is 1. The van der Waals surface area contributed by atoms with E-state index >= 15 is 0 Å². The lowest BCUT2D eigenvalue weighted by Crippen LogP contribution is -2.34. The van der Waals surface area contributed by atoms with E-state index in [1.165, 1.54) is 12.1 Å². The van der Waals surface area contributed by atoms with Crippen molar-refractivity contribution in [3.05, 3.63) is 42.1 Å². The first-order chi connectivity index (χ1) is 7.94. The molecule has 3 nitrogen and oxygen atoms in total. The summed E-state index contributed by atoms with van der Waals surface area (Å²) in [7, 11) is 0. The predicted molar refractivity (Wildman–Crippen MR) is 66.0 cm³/mol. The van der Waals surface area contributed by atoms with Gasteiger partial charge in [0.1, 0.15) is 11.6 Å². The minimum atomic E-state index is -0.308. The highest BCUT2D eigenvalue weighted by atomic mass is 19.1. The summed E-state index contributed by atoms with van der Waals surface area (Å²) in [6.45, 7) is 3.88. The van der Waals surface area contributed by atoms with Crippen molar-refractivity contribution >= 4 is 0 Å². The number of hydrogen-bond donors (Lipinski definition) is 2. The summed E-state index contributed by atoms with van der Waals surface area (Å²) in [5, 5.41) is 0. The maximum atomic E-state index is 13.1. The quantitative estimate of drug-likeness (QED) is 0.855. The van der Waals surface area contributed by atoms with E-state index in [0.29, 0.717) is 6.42 Å².